The molecule has 3 heterocycles. The molecule has 4 rings (SSSR count). The normalized spacial score (nSPS) is 16.2. The second kappa shape index (κ2) is 7.00. The number of aromatic amines is 1. The number of rotatable bonds is 4. The Hall–Kier alpha value is -3.15. The van der Waals surface area contributed by atoms with Gasteiger partial charge in [-0.15, -0.1) is 0 Å². The number of pyridine rings is 1. The second-order valence-electron chi connectivity index (χ2n) is 6.37. The van der Waals surface area contributed by atoms with E-state index in [1.54, 1.807) is 12.5 Å². The minimum Gasteiger partial charge on any atom is -0.352 e. The summed E-state index contributed by atoms with van der Waals surface area (Å²) < 4.78 is 0. The van der Waals surface area contributed by atoms with Crippen molar-refractivity contribution < 1.29 is 4.79 Å². The fourth-order valence-corrected chi connectivity index (χ4v) is 3.41. The molecule has 6 heteroatoms. The van der Waals surface area contributed by atoms with Crippen LogP contribution in [0.2, 0.25) is 0 Å². The van der Waals surface area contributed by atoms with Crippen LogP contribution in [0.1, 0.15) is 40.2 Å². The van der Waals surface area contributed by atoms with Gasteiger partial charge in [-0.05, 0) is 24.6 Å². The van der Waals surface area contributed by atoms with Crippen LogP contribution >= 0.6 is 0 Å². The van der Waals surface area contributed by atoms with Crippen LogP contribution in [0, 0.1) is 0 Å². The smallest absolute Gasteiger partial charge is 0.252 e. The van der Waals surface area contributed by atoms with Gasteiger partial charge in [-0.3, -0.25) is 4.79 Å². The van der Waals surface area contributed by atoms with E-state index < -0.39 is 0 Å². The van der Waals surface area contributed by atoms with Crippen LogP contribution in [-0.4, -0.2) is 33.9 Å². The van der Waals surface area contributed by atoms with Crippen molar-refractivity contribution in [2.75, 3.05) is 18.0 Å². The first-order valence-electron chi connectivity index (χ1n) is 8.82. The molecule has 1 atom stereocenters. The number of anilines is 1. The van der Waals surface area contributed by atoms with Gasteiger partial charge in [0.25, 0.3) is 5.91 Å². The highest BCUT2D eigenvalue weighted by molar-refractivity contribution is 5.94. The molecule has 1 amide bonds. The molecule has 0 fully saturated rings. The Labute approximate surface area is 152 Å². The van der Waals surface area contributed by atoms with Crippen molar-refractivity contribution >= 4 is 11.7 Å². The first-order valence-corrected chi connectivity index (χ1v) is 8.82. The summed E-state index contributed by atoms with van der Waals surface area (Å²) in [7, 11) is 0. The van der Waals surface area contributed by atoms with E-state index in [1.165, 1.54) is 5.56 Å². The van der Waals surface area contributed by atoms with Crippen LogP contribution in [0.15, 0.2) is 55.0 Å². The Balaban J connectivity index is 1.61. The Morgan fingerprint density at radius 3 is 2.81 bits per heavy atom. The summed E-state index contributed by atoms with van der Waals surface area (Å²) in [6, 6.07) is 14.1. The summed E-state index contributed by atoms with van der Waals surface area (Å²) in [6.07, 6.45) is 3.40. The van der Waals surface area contributed by atoms with E-state index in [0.717, 1.165) is 30.3 Å². The molecule has 0 saturated carbocycles. The molecule has 0 spiro atoms. The van der Waals surface area contributed by atoms with Crippen molar-refractivity contribution in [2.45, 2.75) is 19.4 Å². The van der Waals surface area contributed by atoms with Crippen LogP contribution in [0.3, 0.4) is 0 Å². The number of nitrogens with zero attached hydrogens (tertiary/aromatic N) is 3. The number of fused-ring (bicyclic) bond motifs is 1. The lowest BCUT2D eigenvalue weighted by Gasteiger charge is -2.33. The molecule has 1 aromatic carbocycles. The molecule has 0 bridgehead atoms. The third-order valence-corrected chi connectivity index (χ3v) is 4.71. The molecule has 0 saturated heterocycles. The third kappa shape index (κ3) is 3.06. The summed E-state index contributed by atoms with van der Waals surface area (Å²) in [4.78, 5) is 26.5. The van der Waals surface area contributed by atoms with Gasteiger partial charge in [-0.25, -0.2) is 9.97 Å². The second-order valence-corrected chi connectivity index (χ2v) is 6.37. The fourth-order valence-electron chi connectivity index (χ4n) is 3.41. The van der Waals surface area contributed by atoms with Crippen molar-refractivity contribution in [3.05, 3.63) is 77.5 Å². The minimum atomic E-state index is -0.0942. The Morgan fingerprint density at radius 1 is 1.23 bits per heavy atom. The molecular formula is C20H21N5O. The van der Waals surface area contributed by atoms with Gasteiger partial charge in [0.2, 0.25) is 0 Å². The zero-order valence-corrected chi connectivity index (χ0v) is 14.6. The molecule has 26 heavy (non-hydrogen) atoms. The quantitative estimate of drug-likeness (QED) is 0.761. The molecule has 6 nitrogen and oxygen atoms in total. The minimum absolute atomic E-state index is 0.0942. The van der Waals surface area contributed by atoms with Crippen LogP contribution in [0.4, 0.5) is 5.82 Å². The lowest BCUT2D eigenvalue weighted by molar-refractivity contribution is 0.0955. The van der Waals surface area contributed by atoms with Gasteiger partial charge in [0.15, 0.2) is 0 Å². The number of amides is 1. The molecule has 0 aliphatic carbocycles. The SMILES string of the molecule is CCNC(=O)c1ccc(N2Cc3[nH]cnc3C(c3ccccc3)C2)nc1. The number of hydrogen-bond donors (Lipinski definition) is 2. The van der Waals surface area contributed by atoms with Gasteiger partial charge in [0, 0.05) is 25.2 Å². The van der Waals surface area contributed by atoms with E-state index in [4.69, 9.17) is 0 Å². The zero-order chi connectivity index (χ0) is 17.9. The highest BCUT2D eigenvalue weighted by atomic mass is 16.1. The molecule has 2 N–H and O–H groups in total. The molecular weight excluding hydrogens is 326 g/mol. The maximum absolute atomic E-state index is 11.9. The number of aromatic nitrogens is 3. The number of carbonyl (C=O) groups is 1. The first-order chi connectivity index (χ1) is 12.8. The Bertz CT molecular complexity index is 888. The summed E-state index contributed by atoms with van der Waals surface area (Å²) in [6.45, 7) is 4.04. The maximum atomic E-state index is 11.9. The van der Waals surface area contributed by atoms with Gasteiger partial charge in [-0.2, -0.15) is 0 Å². The highest BCUT2D eigenvalue weighted by Crippen LogP contribution is 2.33. The standard InChI is InChI=1S/C20H21N5O/c1-2-21-20(26)15-8-9-18(22-10-15)25-11-16(14-6-4-3-5-7-14)19-17(12-25)23-13-24-19/h3-10,13,16H,2,11-12H2,1H3,(H,21,26)(H,23,24). The van der Waals surface area contributed by atoms with Crippen molar-refractivity contribution in [3.63, 3.8) is 0 Å². The fraction of sp³-hybridized carbons (Fsp3) is 0.250. The number of imidazole rings is 1. The van der Waals surface area contributed by atoms with Gasteiger partial charge < -0.3 is 15.2 Å². The monoisotopic (exact) mass is 347 g/mol. The molecule has 1 unspecified atom stereocenters. The first kappa shape index (κ1) is 16.3. The summed E-state index contributed by atoms with van der Waals surface area (Å²) in [5.74, 6) is 0.957. The molecule has 1 aliphatic rings. The van der Waals surface area contributed by atoms with E-state index >= 15 is 0 Å². The van der Waals surface area contributed by atoms with E-state index in [0.29, 0.717) is 12.1 Å². The summed E-state index contributed by atoms with van der Waals surface area (Å²) in [5.41, 5.74) is 4.03. The predicted octanol–water partition coefficient (Wildman–Crippen LogP) is 2.71. The van der Waals surface area contributed by atoms with Crippen molar-refractivity contribution in [1.82, 2.24) is 20.3 Å². The van der Waals surface area contributed by atoms with Crippen molar-refractivity contribution in [2.24, 2.45) is 0 Å². The summed E-state index contributed by atoms with van der Waals surface area (Å²) >= 11 is 0. The van der Waals surface area contributed by atoms with Gasteiger partial charge in [-0.1, -0.05) is 30.3 Å². The molecule has 132 valence electrons. The van der Waals surface area contributed by atoms with Crippen LogP contribution in [-0.2, 0) is 6.54 Å². The number of benzene rings is 1. The van der Waals surface area contributed by atoms with Gasteiger partial charge in [0.05, 0.1) is 29.8 Å². The topological polar surface area (TPSA) is 73.9 Å². The van der Waals surface area contributed by atoms with Crippen molar-refractivity contribution in [1.29, 1.82) is 0 Å². The van der Waals surface area contributed by atoms with E-state index in [2.05, 4.69) is 49.4 Å². The number of H-pyrrole nitrogens is 1. The molecule has 0 radical (unpaired) electrons. The Morgan fingerprint density at radius 2 is 2.08 bits per heavy atom. The van der Waals surface area contributed by atoms with E-state index in [-0.39, 0.29) is 11.8 Å². The molecule has 3 aromatic rings. The van der Waals surface area contributed by atoms with Gasteiger partial charge >= 0.3 is 0 Å². The maximum Gasteiger partial charge on any atom is 0.252 e. The highest BCUT2D eigenvalue weighted by Gasteiger charge is 2.29. The lowest BCUT2D eigenvalue weighted by Crippen LogP contribution is -2.35. The summed E-state index contributed by atoms with van der Waals surface area (Å²) in [5, 5.41) is 2.79. The van der Waals surface area contributed by atoms with Gasteiger partial charge in [0.1, 0.15) is 5.82 Å². The largest absolute Gasteiger partial charge is 0.352 e. The predicted molar refractivity (Wildman–Crippen MR) is 100 cm³/mol. The molecule has 1 aliphatic heterocycles. The average Bonchev–Trinajstić information content (AvgIpc) is 3.17. The van der Waals surface area contributed by atoms with Crippen LogP contribution in [0.25, 0.3) is 0 Å². The number of carbonyl (C=O) groups excluding carboxylic acids is 1. The van der Waals surface area contributed by atoms with Crippen LogP contribution < -0.4 is 10.2 Å². The zero-order valence-electron chi connectivity index (χ0n) is 14.6. The van der Waals surface area contributed by atoms with Crippen LogP contribution in [0.5, 0.6) is 0 Å². The lowest BCUT2D eigenvalue weighted by atomic mass is 9.91. The number of hydrogen-bond acceptors (Lipinski definition) is 4. The third-order valence-electron chi connectivity index (χ3n) is 4.71. The molecule has 2 aromatic heterocycles. The Kier molecular flexibility index (Phi) is 4.39. The average molecular weight is 347 g/mol. The van der Waals surface area contributed by atoms with Crippen molar-refractivity contribution in [3.8, 4) is 0 Å². The number of nitrogens with one attached hydrogen (secondary N) is 2. The van der Waals surface area contributed by atoms with E-state index in [9.17, 15) is 4.79 Å². The van der Waals surface area contributed by atoms with E-state index in [1.807, 2.05) is 25.1 Å².